The predicted octanol–water partition coefficient (Wildman–Crippen LogP) is 3.71. The minimum atomic E-state index is -0.746. The number of carboxylic acids is 1. The number of carbonyl (C=O) groups excluding carboxylic acids is 2. The highest BCUT2D eigenvalue weighted by Gasteiger charge is 2.29. The number of Topliss-reactive ketones (excluding diaryl/α,β-unsaturated/α-hetero) is 1. The summed E-state index contributed by atoms with van der Waals surface area (Å²) >= 11 is 0. The molecule has 10 heteroatoms. The van der Waals surface area contributed by atoms with Crippen molar-refractivity contribution in [2.45, 2.75) is 25.7 Å². The third kappa shape index (κ3) is 5.85. The van der Waals surface area contributed by atoms with Crippen molar-refractivity contribution in [1.82, 2.24) is 5.32 Å². The average Bonchev–Trinajstić information content (AvgIpc) is 3.24. The number of amides is 1. The summed E-state index contributed by atoms with van der Waals surface area (Å²) in [5.41, 5.74) is 0.954. The Hall–Kier alpha value is -4.21. The summed E-state index contributed by atoms with van der Waals surface area (Å²) in [6.45, 7) is 0.298. The molecule has 0 aromatic heterocycles. The molecule has 1 aliphatic heterocycles. The maximum absolute atomic E-state index is 12.9. The molecule has 2 aliphatic rings. The maximum atomic E-state index is 12.9. The number of hydrogen-bond donors (Lipinski definition) is 2. The number of methoxy groups -OCH3 is 3. The van der Waals surface area contributed by atoms with Gasteiger partial charge < -0.3 is 34.1 Å². The molecule has 202 valence electrons. The Morgan fingerprint density at radius 1 is 1.03 bits per heavy atom. The quantitative estimate of drug-likeness (QED) is 0.446. The molecule has 38 heavy (non-hydrogen) atoms. The van der Waals surface area contributed by atoms with Crippen molar-refractivity contribution in [3.8, 4) is 28.7 Å². The molecule has 10 nitrogen and oxygen atoms in total. The van der Waals surface area contributed by atoms with Gasteiger partial charge in [-0.15, -0.1) is 0 Å². The standard InChI is InChI=1S/C28H31NO9/c1-34-21-11-8-18(26(35-2)27(21)36-3)12-23-25(31)20-10-9-19(13-22(20)38-23)37-15-24(30)29-14-16-4-6-17(7-5-16)28(32)33/h8-13,16-17H,4-7,14-15H2,1-3H3,(H,29,30)(H,32,33). The van der Waals surface area contributed by atoms with Crippen LogP contribution in [0.5, 0.6) is 28.7 Å². The first-order chi connectivity index (χ1) is 18.3. The van der Waals surface area contributed by atoms with E-state index in [4.69, 9.17) is 28.8 Å². The zero-order chi connectivity index (χ0) is 27.2. The Kier molecular flexibility index (Phi) is 8.40. The van der Waals surface area contributed by atoms with E-state index in [1.165, 1.54) is 21.3 Å². The summed E-state index contributed by atoms with van der Waals surface area (Å²) < 4.78 is 27.6. The number of hydrogen-bond acceptors (Lipinski definition) is 8. The summed E-state index contributed by atoms with van der Waals surface area (Å²) in [6.07, 6.45) is 4.39. The van der Waals surface area contributed by atoms with Crippen LogP contribution in [-0.2, 0) is 9.59 Å². The first-order valence-corrected chi connectivity index (χ1v) is 12.3. The number of benzene rings is 2. The number of rotatable bonds is 10. The van der Waals surface area contributed by atoms with Gasteiger partial charge in [0.05, 0.1) is 32.8 Å². The number of ether oxygens (including phenoxy) is 5. The van der Waals surface area contributed by atoms with Gasteiger partial charge in [-0.1, -0.05) is 0 Å². The molecular formula is C28H31NO9. The van der Waals surface area contributed by atoms with Crippen molar-refractivity contribution in [2.24, 2.45) is 11.8 Å². The third-order valence-corrected chi connectivity index (χ3v) is 6.82. The molecule has 2 aromatic carbocycles. The molecule has 0 bridgehead atoms. The number of fused-ring (bicyclic) bond motifs is 1. The van der Waals surface area contributed by atoms with Crippen molar-refractivity contribution in [1.29, 1.82) is 0 Å². The van der Waals surface area contributed by atoms with E-state index in [0.717, 1.165) is 12.8 Å². The van der Waals surface area contributed by atoms with Gasteiger partial charge in [0, 0.05) is 18.2 Å². The molecule has 0 radical (unpaired) electrons. The van der Waals surface area contributed by atoms with E-state index in [0.29, 0.717) is 59.3 Å². The Morgan fingerprint density at radius 3 is 2.42 bits per heavy atom. The minimum absolute atomic E-state index is 0.109. The Labute approximate surface area is 220 Å². The highest BCUT2D eigenvalue weighted by molar-refractivity contribution is 6.14. The number of allylic oxidation sites excluding steroid dienone is 1. The minimum Gasteiger partial charge on any atom is -0.493 e. The second kappa shape index (κ2) is 11.9. The fourth-order valence-electron chi connectivity index (χ4n) is 4.71. The van der Waals surface area contributed by atoms with Crippen molar-refractivity contribution >= 4 is 23.7 Å². The summed E-state index contributed by atoms with van der Waals surface area (Å²) in [6, 6.07) is 8.22. The summed E-state index contributed by atoms with van der Waals surface area (Å²) in [4.78, 5) is 36.3. The summed E-state index contributed by atoms with van der Waals surface area (Å²) in [7, 11) is 4.52. The van der Waals surface area contributed by atoms with Crippen LogP contribution in [0.25, 0.3) is 6.08 Å². The van der Waals surface area contributed by atoms with E-state index in [2.05, 4.69) is 5.32 Å². The van der Waals surface area contributed by atoms with Gasteiger partial charge in [0.2, 0.25) is 11.5 Å². The second-order valence-electron chi connectivity index (χ2n) is 9.17. The van der Waals surface area contributed by atoms with Crippen LogP contribution in [0.15, 0.2) is 36.1 Å². The van der Waals surface area contributed by atoms with Gasteiger partial charge >= 0.3 is 5.97 Å². The molecule has 1 amide bonds. The van der Waals surface area contributed by atoms with E-state index in [1.807, 2.05) is 0 Å². The Morgan fingerprint density at radius 2 is 1.76 bits per heavy atom. The van der Waals surface area contributed by atoms with Gasteiger partial charge in [-0.2, -0.15) is 0 Å². The molecule has 4 rings (SSSR count). The van der Waals surface area contributed by atoms with Crippen LogP contribution in [0.2, 0.25) is 0 Å². The molecule has 1 heterocycles. The lowest BCUT2D eigenvalue weighted by molar-refractivity contribution is -0.143. The van der Waals surface area contributed by atoms with Crippen LogP contribution in [0.3, 0.4) is 0 Å². The van der Waals surface area contributed by atoms with Crippen molar-refractivity contribution < 1.29 is 43.2 Å². The molecule has 2 aromatic rings. The zero-order valence-electron chi connectivity index (χ0n) is 21.6. The molecule has 0 saturated heterocycles. The van der Waals surface area contributed by atoms with E-state index in [-0.39, 0.29) is 35.9 Å². The van der Waals surface area contributed by atoms with E-state index >= 15 is 0 Å². The van der Waals surface area contributed by atoms with Gasteiger partial charge in [-0.3, -0.25) is 14.4 Å². The molecule has 0 spiro atoms. The largest absolute Gasteiger partial charge is 0.493 e. The predicted molar refractivity (Wildman–Crippen MR) is 137 cm³/mol. The zero-order valence-corrected chi connectivity index (χ0v) is 21.6. The topological polar surface area (TPSA) is 130 Å². The van der Waals surface area contributed by atoms with Gasteiger partial charge in [-0.25, -0.2) is 0 Å². The number of carboxylic acid groups (broad SMARTS) is 1. The van der Waals surface area contributed by atoms with Crippen LogP contribution in [0.1, 0.15) is 41.6 Å². The lowest BCUT2D eigenvalue weighted by Gasteiger charge is -2.26. The molecule has 0 unspecified atom stereocenters. The molecule has 0 atom stereocenters. The highest BCUT2D eigenvalue weighted by atomic mass is 16.5. The second-order valence-corrected chi connectivity index (χ2v) is 9.17. The van der Waals surface area contributed by atoms with Crippen LogP contribution in [0, 0.1) is 11.8 Å². The molecule has 1 aliphatic carbocycles. The van der Waals surface area contributed by atoms with Gasteiger partial charge in [0.15, 0.2) is 23.9 Å². The van der Waals surface area contributed by atoms with Gasteiger partial charge in [-0.05, 0) is 61.9 Å². The molecule has 1 fully saturated rings. The van der Waals surface area contributed by atoms with Crippen molar-refractivity contribution in [3.05, 3.63) is 47.2 Å². The molecule has 1 saturated carbocycles. The SMILES string of the molecule is COc1ccc(C=C2Oc3cc(OCC(=O)NCC4CCC(C(=O)O)CC4)ccc3C2=O)c(OC)c1OC. The van der Waals surface area contributed by atoms with Gasteiger partial charge in [0.1, 0.15) is 11.5 Å². The van der Waals surface area contributed by atoms with Crippen molar-refractivity contribution in [3.63, 3.8) is 0 Å². The third-order valence-electron chi connectivity index (χ3n) is 6.82. The van der Waals surface area contributed by atoms with Gasteiger partial charge in [0.25, 0.3) is 5.91 Å². The Balaban J connectivity index is 1.35. The molecular weight excluding hydrogens is 494 g/mol. The lowest BCUT2D eigenvalue weighted by Crippen LogP contribution is -2.35. The smallest absolute Gasteiger partial charge is 0.306 e. The number of carbonyl (C=O) groups is 3. The fourth-order valence-corrected chi connectivity index (χ4v) is 4.71. The summed E-state index contributed by atoms with van der Waals surface area (Å²) in [5.74, 6) is 0.784. The van der Waals surface area contributed by atoms with E-state index < -0.39 is 5.97 Å². The fraction of sp³-hybridized carbons (Fsp3) is 0.393. The van der Waals surface area contributed by atoms with Crippen LogP contribution < -0.4 is 29.0 Å². The number of ketones is 1. The van der Waals surface area contributed by atoms with Crippen LogP contribution >= 0.6 is 0 Å². The number of aliphatic carboxylic acids is 1. The van der Waals surface area contributed by atoms with E-state index in [1.54, 1.807) is 36.4 Å². The van der Waals surface area contributed by atoms with Crippen LogP contribution in [-0.4, -0.2) is 57.2 Å². The summed E-state index contributed by atoms with van der Waals surface area (Å²) in [5, 5.41) is 12.0. The number of nitrogens with one attached hydrogen (secondary N) is 1. The van der Waals surface area contributed by atoms with E-state index in [9.17, 15) is 14.4 Å². The normalized spacial score (nSPS) is 19.3. The van der Waals surface area contributed by atoms with Crippen LogP contribution in [0.4, 0.5) is 0 Å². The van der Waals surface area contributed by atoms with Crippen molar-refractivity contribution in [2.75, 3.05) is 34.5 Å². The monoisotopic (exact) mass is 525 g/mol. The average molecular weight is 526 g/mol. The first kappa shape index (κ1) is 26.8. The Bertz CT molecular complexity index is 1250. The lowest BCUT2D eigenvalue weighted by atomic mass is 9.82. The first-order valence-electron chi connectivity index (χ1n) is 12.3. The maximum Gasteiger partial charge on any atom is 0.306 e. The highest BCUT2D eigenvalue weighted by Crippen LogP contribution is 2.42. The molecule has 2 N–H and O–H groups in total.